The Bertz CT molecular complexity index is 743. The molecule has 1 aromatic heterocycles. The van der Waals surface area contributed by atoms with E-state index in [-0.39, 0.29) is 18.8 Å². The van der Waals surface area contributed by atoms with Crippen LogP contribution in [0.15, 0.2) is 46.1 Å². The molecule has 2 aromatic rings. The summed E-state index contributed by atoms with van der Waals surface area (Å²) in [5.41, 5.74) is 2.90. The van der Waals surface area contributed by atoms with Gasteiger partial charge in [-0.25, -0.2) is 10.2 Å². The number of ether oxygens (including phenoxy) is 1. The Hall–Kier alpha value is -3.49. The van der Waals surface area contributed by atoms with Crippen LogP contribution in [0.3, 0.4) is 0 Å². The van der Waals surface area contributed by atoms with Crippen molar-refractivity contribution in [3.63, 3.8) is 0 Å². The number of phenolic OH excluding ortho intramolecular Hbond substituents is 1. The van der Waals surface area contributed by atoms with E-state index < -0.39 is 11.9 Å². The number of carbonyl (C=O) groups excluding carboxylic acids is 2. The Balaban J connectivity index is 1.70. The second-order valence-corrected chi connectivity index (χ2v) is 4.84. The third kappa shape index (κ3) is 5.90. The molecule has 9 heteroatoms. The number of carbonyl (C=O) groups is 2. The van der Waals surface area contributed by atoms with Gasteiger partial charge in [0.25, 0.3) is 5.91 Å². The zero-order chi connectivity index (χ0) is 18.1. The molecule has 0 saturated heterocycles. The lowest BCUT2D eigenvalue weighted by atomic mass is 10.2. The second kappa shape index (κ2) is 8.96. The van der Waals surface area contributed by atoms with Gasteiger partial charge in [0, 0.05) is 0 Å². The maximum Gasteiger partial charge on any atom is 0.315 e. The van der Waals surface area contributed by atoms with Crippen LogP contribution >= 0.6 is 0 Å². The van der Waals surface area contributed by atoms with E-state index in [4.69, 9.17) is 9.15 Å². The molecular formula is C16H18N4O5. The van der Waals surface area contributed by atoms with Gasteiger partial charge in [0.15, 0.2) is 11.5 Å². The molecule has 4 N–H and O–H groups in total. The van der Waals surface area contributed by atoms with Crippen molar-refractivity contribution in [3.8, 4) is 11.5 Å². The van der Waals surface area contributed by atoms with Gasteiger partial charge in [0.2, 0.25) is 0 Å². The maximum absolute atomic E-state index is 11.6. The fraction of sp³-hybridized carbons (Fsp3) is 0.188. The third-order valence-electron chi connectivity index (χ3n) is 3.02. The number of methoxy groups -OCH3 is 1. The van der Waals surface area contributed by atoms with Crippen LogP contribution in [-0.4, -0.2) is 36.9 Å². The van der Waals surface area contributed by atoms with Gasteiger partial charge >= 0.3 is 6.03 Å². The minimum atomic E-state index is -0.501. The number of aromatic hydroxyl groups is 1. The van der Waals surface area contributed by atoms with E-state index >= 15 is 0 Å². The minimum Gasteiger partial charge on any atom is -0.504 e. The largest absolute Gasteiger partial charge is 0.504 e. The van der Waals surface area contributed by atoms with Crippen LogP contribution in [0.25, 0.3) is 0 Å². The fourth-order valence-corrected chi connectivity index (χ4v) is 1.80. The van der Waals surface area contributed by atoms with Crippen LogP contribution in [0.1, 0.15) is 11.3 Å². The smallest absolute Gasteiger partial charge is 0.315 e. The van der Waals surface area contributed by atoms with Crippen molar-refractivity contribution in [2.45, 2.75) is 6.54 Å². The number of hydrogen-bond donors (Lipinski definition) is 4. The molecule has 3 amide bonds. The summed E-state index contributed by atoms with van der Waals surface area (Å²) < 4.78 is 10.0. The quantitative estimate of drug-likeness (QED) is 0.439. The molecule has 0 fully saturated rings. The molecule has 25 heavy (non-hydrogen) atoms. The first-order valence-electron chi connectivity index (χ1n) is 7.31. The molecular weight excluding hydrogens is 328 g/mol. The molecule has 0 radical (unpaired) electrons. The highest BCUT2D eigenvalue weighted by molar-refractivity contribution is 5.86. The molecule has 1 aromatic carbocycles. The maximum atomic E-state index is 11.6. The van der Waals surface area contributed by atoms with Gasteiger partial charge in [0.1, 0.15) is 12.3 Å². The summed E-state index contributed by atoms with van der Waals surface area (Å²) in [6, 6.07) is 7.55. The Kier molecular flexibility index (Phi) is 6.40. The number of amides is 3. The van der Waals surface area contributed by atoms with Crippen molar-refractivity contribution < 1.29 is 23.8 Å². The van der Waals surface area contributed by atoms with Crippen LogP contribution in [-0.2, 0) is 11.3 Å². The molecule has 0 aliphatic heterocycles. The summed E-state index contributed by atoms with van der Waals surface area (Å²) in [6.45, 7) is -0.0124. The van der Waals surface area contributed by atoms with Crippen molar-refractivity contribution in [2.75, 3.05) is 13.7 Å². The number of nitrogens with zero attached hydrogens (tertiary/aromatic N) is 1. The summed E-state index contributed by atoms with van der Waals surface area (Å²) in [7, 11) is 1.43. The standard InChI is InChI=1S/C16H18N4O5/c1-24-14-7-11(4-5-13(14)21)8-19-20-15(22)10-18-16(23)17-9-12-3-2-6-25-12/h2-8,21H,9-10H2,1H3,(H,20,22)(H2,17,18,23)/b19-8+. The average molecular weight is 346 g/mol. The molecule has 0 spiro atoms. The molecule has 0 aliphatic carbocycles. The monoisotopic (exact) mass is 346 g/mol. The van der Waals surface area contributed by atoms with E-state index in [1.807, 2.05) is 0 Å². The van der Waals surface area contributed by atoms with E-state index in [1.165, 1.54) is 25.7 Å². The Morgan fingerprint density at radius 1 is 1.32 bits per heavy atom. The highest BCUT2D eigenvalue weighted by Gasteiger charge is 2.05. The molecule has 132 valence electrons. The summed E-state index contributed by atoms with van der Waals surface area (Å²) in [4.78, 5) is 23.1. The number of nitrogens with one attached hydrogen (secondary N) is 3. The van der Waals surface area contributed by atoms with Crippen LogP contribution in [0.2, 0.25) is 0 Å². The molecule has 1 heterocycles. The van der Waals surface area contributed by atoms with Crippen molar-refractivity contribution in [3.05, 3.63) is 47.9 Å². The Morgan fingerprint density at radius 2 is 2.16 bits per heavy atom. The van der Waals surface area contributed by atoms with E-state index in [1.54, 1.807) is 24.3 Å². The van der Waals surface area contributed by atoms with Gasteiger partial charge in [-0.2, -0.15) is 5.10 Å². The minimum absolute atomic E-state index is 0.00782. The molecule has 9 nitrogen and oxygen atoms in total. The summed E-state index contributed by atoms with van der Waals surface area (Å²) in [6.07, 6.45) is 2.89. The number of hydrogen-bond acceptors (Lipinski definition) is 6. The van der Waals surface area contributed by atoms with Crippen LogP contribution in [0.5, 0.6) is 11.5 Å². The summed E-state index contributed by atoms with van der Waals surface area (Å²) >= 11 is 0. The van der Waals surface area contributed by atoms with Gasteiger partial charge in [-0.1, -0.05) is 0 Å². The zero-order valence-electron chi connectivity index (χ0n) is 13.5. The van der Waals surface area contributed by atoms with Gasteiger partial charge in [-0.3, -0.25) is 4.79 Å². The average Bonchev–Trinajstić information content (AvgIpc) is 3.13. The lowest BCUT2D eigenvalue weighted by Crippen LogP contribution is -2.40. The van der Waals surface area contributed by atoms with Gasteiger partial charge < -0.3 is 24.9 Å². The second-order valence-electron chi connectivity index (χ2n) is 4.84. The molecule has 0 atom stereocenters. The van der Waals surface area contributed by atoms with E-state index in [0.717, 1.165) is 0 Å². The van der Waals surface area contributed by atoms with E-state index in [0.29, 0.717) is 17.1 Å². The highest BCUT2D eigenvalue weighted by Crippen LogP contribution is 2.25. The molecule has 0 aliphatic rings. The Morgan fingerprint density at radius 3 is 2.88 bits per heavy atom. The van der Waals surface area contributed by atoms with Crippen LogP contribution in [0.4, 0.5) is 4.79 Å². The van der Waals surface area contributed by atoms with Crippen molar-refractivity contribution >= 4 is 18.2 Å². The van der Waals surface area contributed by atoms with E-state index in [2.05, 4.69) is 21.2 Å². The number of rotatable bonds is 7. The molecule has 0 unspecified atom stereocenters. The first-order valence-corrected chi connectivity index (χ1v) is 7.31. The lowest BCUT2D eigenvalue weighted by molar-refractivity contribution is -0.120. The number of urea groups is 1. The summed E-state index contributed by atoms with van der Waals surface area (Å²) in [5, 5.41) is 18.2. The first-order chi connectivity index (χ1) is 12.1. The highest BCUT2D eigenvalue weighted by atomic mass is 16.5. The van der Waals surface area contributed by atoms with Gasteiger partial charge in [-0.05, 0) is 35.9 Å². The summed E-state index contributed by atoms with van der Waals surface area (Å²) in [5.74, 6) is 0.419. The SMILES string of the molecule is COc1cc(/C=N/NC(=O)CNC(=O)NCc2ccco2)ccc1O. The fourth-order valence-electron chi connectivity index (χ4n) is 1.80. The first kappa shape index (κ1) is 17.9. The number of benzene rings is 1. The zero-order valence-corrected chi connectivity index (χ0v) is 13.5. The molecule has 0 bridgehead atoms. The van der Waals surface area contributed by atoms with Gasteiger partial charge in [0.05, 0.1) is 26.1 Å². The Labute approximate surface area is 143 Å². The van der Waals surface area contributed by atoms with Crippen molar-refractivity contribution in [2.24, 2.45) is 5.10 Å². The van der Waals surface area contributed by atoms with E-state index in [9.17, 15) is 14.7 Å². The van der Waals surface area contributed by atoms with Crippen molar-refractivity contribution in [1.29, 1.82) is 0 Å². The predicted molar refractivity (Wildman–Crippen MR) is 89.3 cm³/mol. The molecule has 2 rings (SSSR count). The predicted octanol–water partition coefficient (Wildman–Crippen LogP) is 0.943. The third-order valence-corrected chi connectivity index (χ3v) is 3.02. The number of hydrazone groups is 1. The topological polar surface area (TPSA) is 125 Å². The normalized spacial score (nSPS) is 10.4. The molecule has 0 saturated carbocycles. The lowest BCUT2D eigenvalue weighted by Gasteiger charge is -2.05. The number of phenols is 1. The van der Waals surface area contributed by atoms with Crippen LogP contribution < -0.4 is 20.8 Å². The van der Waals surface area contributed by atoms with Gasteiger partial charge in [-0.15, -0.1) is 0 Å². The van der Waals surface area contributed by atoms with Crippen molar-refractivity contribution in [1.82, 2.24) is 16.1 Å². The van der Waals surface area contributed by atoms with Crippen LogP contribution in [0, 0.1) is 0 Å². The number of furan rings is 1.